The molecule has 0 spiro atoms. The Morgan fingerprint density at radius 2 is 1.80 bits per heavy atom. The van der Waals surface area contributed by atoms with Crippen molar-refractivity contribution in [3.05, 3.63) is 69.5 Å². The van der Waals surface area contributed by atoms with Gasteiger partial charge in [0.1, 0.15) is 5.82 Å². The molecule has 0 fully saturated rings. The number of nitrogens with one attached hydrogen (secondary N) is 1. The molecular formula is C14H9Cl2FN2O. The molecule has 0 aliphatic rings. The first-order chi connectivity index (χ1) is 9.56. The van der Waals surface area contributed by atoms with E-state index in [1.807, 2.05) is 0 Å². The van der Waals surface area contributed by atoms with Crippen LogP contribution in [-0.2, 0) is 0 Å². The second-order valence-corrected chi connectivity index (χ2v) is 4.69. The molecule has 20 heavy (non-hydrogen) atoms. The zero-order valence-electron chi connectivity index (χ0n) is 10.1. The maximum Gasteiger partial charge on any atom is 0.271 e. The first-order valence-corrected chi connectivity index (χ1v) is 6.36. The van der Waals surface area contributed by atoms with Gasteiger partial charge in [0.25, 0.3) is 5.91 Å². The van der Waals surface area contributed by atoms with Crippen molar-refractivity contribution >= 4 is 35.3 Å². The Hall–Kier alpha value is -1.91. The molecule has 102 valence electrons. The Labute approximate surface area is 125 Å². The maximum atomic E-state index is 12.7. The van der Waals surface area contributed by atoms with Crippen LogP contribution in [0.3, 0.4) is 0 Å². The number of carbonyl (C=O) groups is 1. The Balaban J connectivity index is 2.00. The largest absolute Gasteiger partial charge is 0.271 e. The molecule has 1 amide bonds. The zero-order valence-corrected chi connectivity index (χ0v) is 11.6. The van der Waals surface area contributed by atoms with E-state index in [9.17, 15) is 9.18 Å². The molecule has 1 N–H and O–H groups in total. The van der Waals surface area contributed by atoms with Crippen LogP contribution in [0.25, 0.3) is 0 Å². The summed E-state index contributed by atoms with van der Waals surface area (Å²) in [7, 11) is 0. The molecule has 0 unspecified atom stereocenters. The van der Waals surface area contributed by atoms with Gasteiger partial charge in [-0.2, -0.15) is 5.10 Å². The monoisotopic (exact) mass is 310 g/mol. The number of hydrogen-bond donors (Lipinski definition) is 1. The van der Waals surface area contributed by atoms with Gasteiger partial charge >= 0.3 is 0 Å². The molecule has 0 radical (unpaired) electrons. The number of nitrogens with zero attached hydrogens (tertiary/aromatic N) is 1. The number of carbonyl (C=O) groups excluding carboxylic acids is 1. The molecule has 0 aliphatic heterocycles. The van der Waals surface area contributed by atoms with Gasteiger partial charge in [0.05, 0.1) is 16.3 Å². The summed E-state index contributed by atoms with van der Waals surface area (Å²) in [4.78, 5) is 11.7. The lowest BCUT2D eigenvalue weighted by atomic mass is 10.2. The summed E-state index contributed by atoms with van der Waals surface area (Å²) in [6, 6.07) is 10.1. The first-order valence-electron chi connectivity index (χ1n) is 5.60. The molecule has 0 saturated heterocycles. The maximum absolute atomic E-state index is 12.7. The lowest BCUT2D eigenvalue weighted by Gasteiger charge is -2.00. The topological polar surface area (TPSA) is 41.5 Å². The predicted molar refractivity (Wildman–Crippen MR) is 77.9 cm³/mol. The summed E-state index contributed by atoms with van der Waals surface area (Å²) in [6.07, 6.45) is 1.43. The van der Waals surface area contributed by atoms with Gasteiger partial charge in [0.2, 0.25) is 0 Å². The van der Waals surface area contributed by atoms with Crippen LogP contribution in [0.5, 0.6) is 0 Å². The third kappa shape index (κ3) is 3.79. The molecular weight excluding hydrogens is 302 g/mol. The van der Waals surface area contributed by atoms with Gasteiger partial charge in [-0.15, -0.1) is 0 Å². The summed E-state index contributed by atoms with van der Waals surface area (Å²) in [5.41, 5.74) is 3.34. The summed E-state index contributed by atoms with van der Waals surface area (Å²) >= 11 is 11.6. The van der Waals surface area contributed by atoms with E-state index in [2.05, 4.69) is 10.5 Å². The van der Waals surface area contributed by atoms with Crippen molar-refractivity contribution < 1.29 is 9.18 Å². The van der Waals surface area contributed by atoms with Crippen LogP contribution >= 0.6 is 23.2 Å². The van der Waals surface area contributed by atoms with Gasteiger partial charge < -0.3 is 0 Å². The predicted octanol–water partition coefficient (Wildman–Crippen LogP) is 3.90. The van der Waals surface area contributed by atoms with Gasteiger partial charge in [0, 0.05) is 5.56 Å². The van der Waals surface area contributed by atoms with E-state index in [-0.39, 0.29) is 0 Å². The van der Waals surface area contributed by atoms with E-state index in [0.717, 1.165) is 0 Å². The lowest BCUT2D eigenvalue weighted by Crippen LogP contribution is -2.17. The average molecular weight is 311 g/mol. The van der Waals surface area contributed by atoms with E-state index in [0.29, 0.717) is 21.2 Å². The highest BCUT2D eigenvalue weighted by molar-refractivity contribution is 6.42. The fourth-order valence-electron chi connectivity index (χ4n) is 1.42. The quantitative estimate of drug-likeness (QED) is 0.678. The minimum atomic E-state index is -0.429. The van der Waals surface area contributed by atoms with Gasteiger partial charge in [-0.05, 0) is 42.0 Å². The normalized spacial score (nSPS) is 10.8. The van der Waals surface area contributed by atoms with Crippen molar-refractivity contribution in [3.8, 4) is 0 Å². The van der Waals surface area contributed by atoms with Gasteiger partial charge in [0.15, 0.2) is 0 Å². The number of amides is 1. The standard InChI is InChI=1S/C14H9Cl2FN2O/c15-12-6-1-9(7-13(12)16)8-18-19-14(20)10-2-4-11(17)5-3-10/h1-8H,(H,19,20). The van der Waals surface area contributed by atoms with Crippen LogP contribution in [0.4, 0.5) is 4.39 Å². The van der Waals surface area contributed by atoms with Gasteiger partial charge in [-0.3, -0.25) is 4.79 Å². The highest BCUT2D eigenvalue weighted by Crippen LogP contribution is 2.21. The number of hydrazone groups is 1. The number of hydrogen-bond acceptors (Lipinski definition) is 2. The average Bonchev–Trinajstić information content (AvgIpc) is 2.43. The SMILES string of the molecule is O=C(NN=Cc1ccc(Cl)c(Cl)c1)c1ccc(F)cc1. The molecule has 0 saturated carbocycles. The Kier molecular flexibility index (Phi) is 4.71. The minimum absolute atomic E-state index is 0.317. The van der Waals surface area contributed by atoms with Crippen LogP contribution in [-0.4, -0.2) is 12.1 Å². The van der Waals surface area contributed by atoms with E-state index in [4.69, 9.17) is 23.2 Å². The van der Waals surface area contributed by atoms with Gasteiger partial charge in [-0.25, -0.2) is 9.82 Å². The Morgan fingerprint density at radius 3 is 2.45 bits per heavy atom. The molecule has 0 bridgehead atoms. The number of halogens is 3. The highest BCUT2D eigenvalue weighted by Gasteiger charge is 2.03. The van der Waals surface area contributed by atoms with E-state index in [1.165, 1.54) is 30.5 Å². The van der Waals surface area contributed by atoms with E-state index in [1.54, 1.807) is 18.2 Å². The molecule has 6 heteroatoms. The third-order valence-corrected chi connectivity index (χ3v) is 3.17. The second kappa shape index (κ2) is 6.50. The summed E-state index contributed by atoms with van der Waals surface area (Å²) in [5.74, 6) is -0.831. The molecule has 3 nitrogen and oxygen atoms in total. The molecule has 0 heterocycles. The summed E-state index contributed by atoms with van der Waals surface area (Å²) in [6.45, 7) is 0. The van der Waals surface area contributed by atoms with Crippen LogP contribution in [0.2, 0.25) is 10.0 Å². The van der Waals surface area contributed by atoms with E-state index >= 15 is 0 Å². The molecule has 2 rings (SSSR count). The minimum Gasteiger partial charge on any atom is -0.267 e. The highest BCUT2D eigenvalue weighted by atomic mass is 35.5. The second-order valence-electron chi connectivity index (χ2n) is 3.88. The van der Waals surface area contributed by atoms with Crippen molar-refractivity contribution in [1.82, 2.24) is 5.43 Å². The zero-order chi connectivity index (χ0) is 14.5. The van der Waals surface area contributed by atoms with Crippen molar-refractivity contribution in [2.24, 2.45) is 5.10 Å². The molecule has 0 aliphatic carbocycles. The molecule has 0 aromatic heterocycles. The Bertz CT molecular complexity index is 657. The first kappa shape index (κ1) is 14.5. The smallest absolute Gasteiger partial charge is 0.267 e. The number of benzene rings is 2. The third-order valence-electron chi connectivity index (χ3n) is 2.43. The lowest BCUT2D eigenvalue weighted by molar-refractivity contribution is 0.0955. The van der Waals surface area contributed by atoms with Crippen LogP contribution in [0, 0.1) is 5.82 Å². The summed E-state index contributed by atoms with van der Waals surface area (Å²) in [5, 5.41) is 4.64. The molecule has 2 aromatic carbocycles. The van der Waals surface area contributed by atoms with Crippen molar-refractivity contribution in [2.75, 3.05) is 0 Å². The van der Waals surface area contributed by atoms with Crippen LogP contribution in [0.15, 0.2) is 47.6 Å². The van der Waals surface area contributed by atoms with Crippen LogP contribution in [0.1, 0.15) is 15.9 Å². The van der Waals surface area contributed by atoms with Crippen molar-refractivity contribution in [1.29, 1.82) is 0 Å². The Morgan fingerprint density at radius 1 is 1.10 bits per heavy atom. The molecule has 2 aromatic rings. The van der Waals surface area contributed by atoms with Crippen LogP contribution < -0.4 is 5.43 Å². The fraction of sp³-hybridized carbons (Fsp3) is 0. The van der Waals surface area contributed by atoms with Crippen molar-refractivity contribution in [2.45, 2.75) is 0 Å². The number of rotatable bonds is 3. The summed E-state index contributed by atoms with van der Waals surface area (Å²) < 4.78 is 12.7. The molecule has 0 atom stereocenters. The fourth-order valence-corrected chi connectivity index (χ4v) is 1.73. The van der Waals surface area contributed by atoms with Crippen molar-refractivity contribution in [3.63, 3.8) is 0 Å². The van der Waals surface area contributed by atoms with Gasteiger partial charge in [-0.1, -0.05) is 29.3 Å². The van der Waals surface area contributed by atoms with E-state index < -0.39 is 11.7 Å².